The second-order valence-corrected chi connectivity index (χ2v) is 14.5. The van der Waals surface area contributed by atoms with Crippen molar-refractivity contribution in [2.24, 2.45) is 0 Å². The monoisotopic (exact) mass is 733 g/mol. The number of benzene rings is 7. The largest absolute Gasteiger partial charge is 0.416 e. The first kappa shape index (κ1) is 33.6. The van der Waals surface area contributed by atoms with Crippen molar-refractivity contribution in [3.8, 4) is 44.8 Å². The second-order valence-electron chi connectivity index (χ2n) is 14.5. The second kappa shape index (κ2) is 12.8. The molecule has 0 aliphatic rings. The third kappa shape index (κ3) is 5.48. The van der Waals surface area contributed by atoms with Crippen LogP contribution in [0.1, 0.15) is 16.7 Å². The third-order valence-corrected chi connectivity index (χ3v) is 11.0. The van der Waals surface area contributed by atoms with Gasteiger partial charge in [-0.15, -0.1) is 0 Å². The van der Waals surface area contributed by atoms with E-state index in [0.717, 1.165) is 71.6 Å². The first-order valence-electron chi connectivity index (χ1n) is 18.6. The van der Waals surface area contributed by atoms with E-state index in [0.29, 0.717) is 16.8 Å². The number of hydrogen-bond acceptors (Lipinski definition) is 1. The molecule has 0 bridgehead atoms. The molecule has 3 nitrogen and oxygen atoms in total. The maximum atomic E-state index is 14.6. The Kier molecular flexibility index (Phi) is 7.72. The summed E-state index contributed by atoms with van der Waals surface area (Å²) >= 11 is 0. The molecule has 3 heterocycles. The number of hydrogen-bond donors (Lipinski definition) is 0. The smallest absolute Gasteiger partial charge is 0.309 e. The minimum atomic E-state index is -4.55. The summed E-state index contributed by atoms with van der Waals surface area (Å²) in [6, 6.07) is 51.8. The Morgan fingerprint density at radius 2 is 0.911 bits per heavy atom. The summed E-state index contributed by atoms with van der Waals surface area (Å²) in [7, 11) is 0. The SMILES string of the molecule is Cc1ccc(-c2ccc3c(c2)c2ccccc2n3-c2ccncc2-c2ccc(C(F)(F)F)cc2-n2c3ccccc3c3cc(-c4ccc(C)cc4)ccc32)cc1. The van der Waals surface area contributed by atoms with Gasteiger partial charge in [0.15, 0.2) is 0 Å². The molecule has 0 atom stereocenters. The van der Waals surface area contributed by atoms with E-state index in [1.807, 2.05) is 59.2 Å². The first-order valence-corrected chi connectivity index (χ1v) is 18.6. The molecule has 56 heavy (non-hydrogen) atoms. The predicted octanol–water partition coefficient (Wildman–Crippen LogP) is 13.9. The van der Waals surface area contributed by atoms with Crippen LogP contribution in [-0.2, 0) is 6.18 Å². The maximum Gasteiger partial charge on any atom is 0.416 e. The highest BCUT2D eigenvalue weighted by Gasteiger charge is 2.32. The fraction of sp³-hybridized carbons (Fsp3) is 0.0600. The van der Waals surface area contributed by atoms with Crippen LogP contribution < -0.4 is 0 Å². The molecule has 0 fully saturated rings. The van der Waals surface area contributed by atoms with Gasteiger partial charge in [0.2, 0.25) is 0 Å². The molecule has 0 amide bonds. The van der Waals surface area contributed by atoms with E-state index in [1.54, 1.807) is 18.5 Å². The lowest BCUT2D eigenvalue weighted by Gasteiger charge is -2.20. The highest BCUT2D eigenvalue weighted by atomic mass is 19.4. The van der Waals surface area contributed by atoms with Gasteiger partial charge in [-0.2, -0.15) is 13.2 Å². The summed E-state index contributed by atoms with van der Waals surface area (Å²) in [5, 5.41) is 4.08. The average Bonchev–Trinajstić information content (AvgIpc) is 3.73. The number of alkyl halides is 3. The molecule has 10 aromatic rings. The molecule has 3 aromatic heterocycles. The van der Waals surface area contributed by atoms with Gasteiger partial charge in [0.05, 0.1) is 39.0 Å². The molecule has 10 rings (SSSR count). The van der Waals surface area contributed by atoms with Crippen molar-refractivity contribution in [3.63, 3.8) is 0 Å². The molecule has 0 unspecified atom stereocenters. The van der Waals surface area contributed by atoms with Crippen LogP contribution in [0, 0.1) is 13.8 Å². The van der Waals surface area contributed by atoms with Gasteiger partial charge in [0.1, 0.15) is 0 Å². The van der Waals surface area contributed by atoms with Gasteiger partial charge < -0.3 is 9.13 Å². The van der Waals surface area contributed by atoms with Gasteiger partial charge >= 0.3 is 6.18 Å². The van der Waals surface area contributed by atoms with Crippen molar-refractivity contribution >= 4 is 43.6 Å². The van der Waals surface area contributed by atoms with E-state index >= 15 is 0 Å². The number of fused-ring (bicyclic) bond motifs is 6. The molecule has 0 radical (unpaired) electrons. The van der Waals surface area contributed by atoms with Crippen LogP contribution in [-0.4, -0.2) is 14.1 Å². The Morgan fingerprint density at radius 3 is 1.45 bits per heavy atom. The number of aryl methyl sites for hydroxylation is 2. The van der Waals surface area contributed by atoms with Crippen LogP contribution in [0.15, 0.2) is 170 Å². The fourth-order valence-electron chi connectivity index (χ4n) is 8.23. The molecule has 0 saturated heterocycles. The normalized spacial score (nSPS) is 12.0. The minimum absolute atomic E-state index is 0.422. The average molecular weight is 734 g/mol. The summed E-state index contributed by atoms with van der Waals surface area (Å²) in [6.45, 7) is 4.14. The highest BCUT2D eigenvalue weighted by Crippen LogP contribution is 2.43. The number of halogens is 3. The zero-order chi connectivity index (χ0) is 38.1. The van der Waals surface area contributed by atoms with Gasteiger partial charge in [-0.1, -0.05) is 114 Å². The van der Waals surface area contributed by atoms with Crippen LogP contribution in [0.2, 0.25) is 0 Å². The maximum absolute atomic E-state index is 14.6. The van der Waals surface area contributed by atoms with E-state index < -0.39 is 11.7 Å². The van der Waals surface area contributed by atoms with Crippen LogP contribution in [0.25, 0.3) is 88.4 Å². The summed E-state index contributed by atoms with van der Waals surface area (Å²) < 4.78 is 48.1. The van der Waals surface area contributed by atoms with Gasteiger partial charge in [-0.25, -0.2) is 0 Å². The highest BCUT2D eigenvalue weighted by molar-refractivity contribution is 6.12. The van der Waals surface area contributed by atoms with Crippen molar-refractivity contribution in [2.45, 2.75) is 20.0 Å². The van der Waals surface area contributed by atoms with E-state index in [2.05, 4.69) is 108 Å². The van der Waals surface area contributed by atoms with Crippen molar-refractivity contribution < 1.29 is 13.2 Å². The zero-order valence-electron chi connectivity index (χ0n) is 30.6. The molecule has 0 N–H and O–H groups in total. The van der Waals surface area contributed by atoms with Gasteiger partial charge in [0, 0.05) is 45.1 Å². The number of pyridine rings is 1. The summed E-state index contributed by atoms with van der Waals surface area (Å²) in [6.07, 6.45) is -1.03. The fourth-order valence-corrected chi connectivity index (χ4v) is 8.23. The Hall–Kier alpha value is -6.92. The molecule has 0 aliphatic carbocycles. The number of nitrogens with zero attached hydrogens (tertiary/aromatic N) is 3. The van der Waals surface area contributed by atoms with Gasteiger partial charge in [0.25, 0.3) is 0 Å². The lowest BCUT2D eigenvalue weighted by molar-refractivity contribution is -0.137. The van der Waals surface area contributed by atoms with E-state index in [1.165, 1.54) is 23.3 Å². The molecule has 270 valence electrons. The van der Waals surface area contributed by atoms with Crippen LogP contribution in [0.3, 0.4) is 0 Å². The molecule has 7 aromatic carbocycles. The van der Waals surface area contributed by atoms with Gasteiger partial charge in [-0.05, 0) is 90.7 Å². The molecular formula is C50H34F3N3. The first-order chi connectivity index (χ1) is 27.2. The lowest BCUT2D eigenvalue weighted by Crippen LogP contribution is -2.08. The Labute approximate surface area is 321 Å². The molecule has 6 heteroatoms. The number of rotatable bonds is 5. The van der Waals surface area contributed by atoms with Gasteiger partial charge in [-0.3, -0.25) is 4.98 Å². The zero-order valence-corrected chi connectivity index (χ0v) is 30.6. The Balaban J connectivity index is 1.23. The topological polar surface area (TPSA) is 22.8 Å². The van der Waals surface area contributed by atoms with Crippen LogP contribution in [0.5, 0.6) is 0 Å². The van der Waals surface area contributed by atoms with Crippen LogP contribution in [0.4, 0.5) is 13.2 Å². The molecular weight excluding hydrogens is 700 g/mol. The lowest BCUT2D eigenvalue weighted by atomic mass is 10.00. The van der Waals surface area contributed by atoms with Crippen LogP contribution >= 0.6 is 0 Å². The molecule has 0 aliphatic heterocycles. The molecule has 0 saturated carbocycles. The summed E-state index contributed by atoms with van der Waals surface area (Å²) in [5.41, 5.74) is 12.2. The molecule has 0 spiro atoms. The minimum Gasteiger partial charge on any atom is -0.309 e. The quantitative estimate of drug-likeness (QED) is 0.173. The van der Waals surface area contributed by atoms with E-state index in [-0.39, 0.29) is 0 Å². The summed E-state index contributed by atoms with van der Waals surface area (Å²) in [5.74, 6) is 0. The van der Waals surface area contributed by atoms with E-state index in [9.17, 15) is 13.2 Å². The third-order valence-electron chi connectivity index (χ3n) is 11.0. The van der Waals surface area contributed by atoms with Crippen molar-refractivity contribution in [1.29, 1.82) is 0 Å². The summed E-state index contributed by atoms with van der Waals surface area (Å²) in [4.78, 5) is 4.58. The van der Waals surface area contributed by atoms with E-state index in [4.69, 9.17) is 0 Å². The Bertz CT molecular complexity index is 3130. The number of para-hydroxylation sites is 2. The predicted molar refractivity (Wildman–Crippen MR) is 224 cm³/mol. The Morgan fingerprint density at radius 1 is 0.429 bits per heavy atom. The van der Waals surface area contributed by atoms with Crippen molar-refractivity contribution in [3.05, 3.63) is 187 Å². The number of aromatic nitrogens is 3. The standard InChI is InChI=1S/C50H34F3N3/c1-31-11-15-33(16-12-31)35-19-23-46-41(27-35)38-7-3-5-9-44(38)55(46)48-25-26-54-30-43(48)40-22-21-37(50(51,52)53)29-49(40)56-45-10-6-4-8-39(45)42-28-36(20-24-47(42)56)34-17-13-32(2)14-18-34/h3-30H,1-2H3. The van der Waals surface area contributed by atoms with Crippen molar-refractivity contribution in [2.75, 3.05) is 0 Å². The van der Waals surface area contributed by atoms with Crippen molar-refractivity contribution in [1.82, 2.24) is 14.1 Å².